The molecule has 0 aliphatic carbocycles. The Morgan fingerprint density at radius 2 is 2.10 bits per heavy atom. The van der Waals surface area contributed by atoms with Crippen LogP contribution in [0.5, 0.6) is 0 Å². The van der Waals surface area contributed by atoms with Gasteiger partial charge in [0.25, 0.3) is 0 Å². The summed E-state index contributed by atoms with van der Waals surface area (Å²) in [4.78, 5) is 21.9. The number of carbonyl (C=O) groups excluding carboxylic acids is 1. The zero-order valence-electron chi connectivity index (χ0n) is 10.9. The van der Waals surface area contributed by atoms with Gasteiger partial charge in [-0.05, 0) is 16.5 Å². The van der Waals surface area contributed by atoms with Crippen LogP contribution in [0.15, 0.2) is 24.3 Å². The molecule has 0 bridgehead atoms. The van der Waals surface area contributed by atoms with E-state index in [0.717, 1.165) is 0 Å². The summed E-state index contributed by atoms with van der Waals surface area (Å²) >= 11 is 0. The number of tetrazole rings is 1. The number of nitrogens with one attached hydrogen (secondary N) is 1. The maximum atomic E-state index is 13.6. The molecular weight excluding hydrogens is 281 g/mol. The third kappa shape index (κ3) is 4.06. The van der Waals surface area contributed by atoms with Crippen molar-refractivity contribution in [2.75, 3.05) is 6.54 Å². The van der Waals surface area contributed by atoms with Crippen LogP contribution in [0, 0.1) is 5.82 Å². The maximum Gasteiger partial charge on any atom is 0.322 e. The quantitative estimate of drug-likeness (QED) is 0.750. The third-order valence-electron chi connectivity index (χ3n) is 2.64. The average Bonchev–Trinajstić information content (AvgIpc) is 2.86. The van der Waals surface area contributed by atoms with Crippen molar-refractivity contribution in [3.05, 3.63) is 41.5 Å². The Hall–Kier alpha value is -2.84. The molecule has 1 heterocycles. The average molecular weight is 293 g/mol. The van der Waals surface area contributed by atoms with Crippen molar-refractivity contribution in [2.45, 2.75) is 13.0 Å². The summed E-state index contributed by atoms with van der Waals surface area (Å²) < 4.78 is 14.8. The number of halogens is 1. The molecule has 0 spiro atoms. The Kier molecular flexibility index (Phi) is 4.54. The van der Waals surface area contributed by atoms with Gasteiger partial charge in [-0.1, -0.05) is 18.2 Å². The van der Waals surface area contributed by atoms with Crippen LogP contribution >= 0.6 is 0 Å². The Labute approximate surface area is 118 Å². The number of aromatic nitrogens is 4. The molecule has 0 aliphatic heterocycles. The first-order valence-electron chi connectivity index (χ1n) is 6.03. The van der Waals surface area contributed by atoms with Gasteiger partial charge in [0.1, 0.15) is 12.4 Å². The van der Waals surface area contributed by atoms with Crippen LogP contribution in [0.1, 0.15) is 11.4 Å². The number of rotatable bonds is 6. The SMILES string of the molecule is O=C(O)CNC(=O)Cc1nnnn1Cc1ccccc1F. The van der Waals surface area contributed by atoms with Gasteiger partial charge < -0.3 is 10.4 Å². The van der Waals surface area contributed by atoms with Crippen LogP contribution in [0.3, 0.4) is 0 Å². The van der Waals surface area contributed by atoms with E-state index < -0.39 is 24.2 Å². The van der Waals surface area contributed by atoms with Gasteiger partial charge in [-0.15, -0.1) is 5.10 Å². The van der Waals surface area contributed by atoms with E-state index in [2.05, 4.69) is 20.8 Å². The van der Waals surface area contributed by atoms with Crippen molar-refractivity contribution in [1.29, 1.82) is 0 Å². The molecule has 0 saturated heterocycles. The molecule has 2 aromatic rings. The van der Waals surface area contributed by atoms with Gasteiger partial charge in [-0.25, -0.2) is 9.07 Å². The summed E-state index contributed by atoms with van der Waals surface area (Å²) in [7, 11) is 0. The second-order valence-corrected chi connectivity index (χ2v) is 4.19. The molecule has 110 valence electrons. The van der Waals surface area contributed by atoms with E-state index >= 15 is 0 Å². The number of nitrogens with zero attached hydrogens (tertiary/aromatic N) is 4. The lowest BCUT2D eigenvalue weighted by Gasteiger charge is -2.06. The Morgan fingerprint density at radius 3 is 2.81 bits per heavy atom. The zero-order valence-corrected chi connectivity index (χ0v) is 10.9. The number of benzene rings is 1. The number of carboxylic acids is 1. The topological polar surface area (TPSA) is 110 Å². The molecule has 9 heteroatoms. The van der Waals surface area contributed by atoms with E-state index in [-0.39, 0.29) is 18.8 Å². The van der Waals surface area contributed by atoms with Crippen LogP contribution in [0.25, 0.3) is 0 Å². The number of amides is 1. The molecular formula is C12H12FN5O3. The molecule has 0 atom stereocenters. The van der Waals surface area contributed by atoms with Crippen molar-refractivity contribution in [1.82, 2.24) is 25.5 Å². The molecule has 1 aromatic carbocycles. The van der Waals surface area contributed by atoms with E-state index in [0.29, 0.717) is 5.56 Å². The van der Waals surface area contributed by atoms with Gasteiger partial charge in [-0.2, -0.15) is 0 Å². The highest BCUT2D eigenvalue weighted by Gasteiger charge is 2.13. The van der Waals surface area contributed by atoms with Crippen molar-refractivity contribution in [2.24, 2.45) is 0 Å². The molecule has 0 aliphatic rings. The first-order chi connectivity index (χ1) is 10.1. The second kappa shape index (κ2) is 6.55. The number of hydrogen-bond donors (Lipinski definition) is 2. The number of hydrogen-bond acceptors (Lipinski definition) is 5. The van der Waals surface area contributed by atoms with E-state index in [9.17, 15) is 14.0 Å². The molecule has 8 nitrogen and oxygen atoms in total. The van der Waals surface area contributed by atoms with Crippen LogP contribution in [-0.4, -0.2) is 43.7 Å². The highest BCUT2D eigenvalue weighted by molar-refractivity contribution is 5.82. The fourth-order valence-electron chi connectivity index (χ4n) is 1.64. The molecule has 21 heavy (non-hydrogen) atoms. The number of carbonyl (C=O) groups is 2. The van der Waals surface area contributed by atoms with Gasteiger partial charge in [0.15, 0.2) is 5.82 Å². The first kappa shape index (κ1) is 14.6. The summed E-state index contributed by atoms with van der Waals surface area (Å²) in [5.74, 6) is -1.84. The van der Waals surface area contributed by atoms with Crippen molar-refractivity contribution < 1.29 is 19.1 Å². The summed E-state index contributed by atoms with van der Waals surface area (Å²) in [5, 5.41) is 21.5. The van der Waals surface area contributed by atoms with Crippen LogP contribution < -0.4 is 5.32 Å². The standard InChI is InChI=1S/C12H12FN5O3/c13-9-4-2-1-3-8(9)7-18-10(15-16-17-18)5-11(19)14-6-12(20)21/h1-4H,5-7H2,(H,14,19)(H,20,21). The molecule has 0 saturated carbocycles. The highest BCUT2D eigenvalue weighted by Crippen LogP contribution is 2.08. The summed E-state index contributed by atoms with van der Waals surface area (Å²) in [6.45, 7) is -0.394. The van der Waals surface area contributed by atoms with Crippen LogP contribution in [0.4, 0.5) is 4.39 Å². The maximum absolute atomic E-state index is 13.6. The van der Waals surface area contributed by atoms with Crippen molar-refractivity contribution in [3.63, 3.8) is 0 Å². The summed E-state index contributed by atoms with van der Waals surface area (Å²) in [5.41, 5.74) is 0.386. The fraction of sp³-hybridized carbons (Fsp3) is 0.250. The van der Waals surface area contributed by atoms with Gasteiger partial charge in [-0.3, -0.25) is 9.59 Å². The normalized spacial score (nSPS) is 10.3. The minimum atomic E-state index is -1.14. The van der Waals surface area contributed by atoms with Gasteiger partial charge in [0.05, 0.1) is 13.0 Å². The largest absolute Gasteiger partial charge is 0.480 e. The molecule has 0 radical (unpaired) electrons. The van der Waals surface area contributed by atoms with Gasteiger partial charge in [0.2, 0.25) is 5.91 Å². The molecule has 1 aromatic heterocycles. The zero-order chi connectivity index (χ0) is 15.2. The second-order valence-electron chi connectivity index (χ2n) is 4.19. The van der Waals surface area contributed by atoms with Crippen LogP contribution in [0.2, 0.25) is 0 Å². The summed E-state index contributed by atoms with van der Waals surface area (Å²) in [6, 6.07) is 6.16. The minimum Gasteiger partial charge on any atom is -0.480 e. The Morgan fingerprint density at radius 1 is 1.33 bits per heavy atom. The third-order valence-corrected chi connectivity index (χ3v) is 2.64. The van der Waals surface area contributed by atoms with E-state index in [1.807, 2.05) is 0 Å². The molecule has 0 fully saturated rings. The predicted octanol–water partition coefficient (Wildman–Crippen LogP) is -0.396. The lowest BCUT2D eigenvalue weighted by Crippen LogP contribution is -2.31. The van der Waals surface area contributed by atoms with E-state index in [4.69, 9.17) is 5.11 Å². The first-order valence-corrected chi connectivity index (χ1v) is 6.03. The predicted molar refractivity (Wildman–Crippen MR) is 67.7 cm³/mol. The lowest BCUT2D eigenvalue weighted by molar-refractivity contribution is -0.137. The van der Waals surface area contributed by atoms with E-state index in [1.54, 1.807) is 18.2 Å². The van der Waals surface area contributed by atoms with Gasteiger partial charge >= 0.3 is 5.97 Å². The van der Waals surface area contributed by atoms with Gasteiger partial charge in [0, 0.05) is 5.56 Å². The van der Waals surface area contributed by atoms with Crippen molar-refractivity contribution >= 4 is 11.9 Å². The fourth-order valence-corrected chi connectivity index (χ4v) is 1.64. The van der Waals surface area contributed by atoms with Crippen LogP contribution in [-0.2, 0) is 22.6 Å². The minimum absolute atomic E-state index is 0.0845. The molecule has 1 amide bonds. The summed E-state index contributed by atoms with van der Waals surface area (Å²) in [6.07, 6.45) is -0.186. The van der Waals surface area contributed by atoms with Crippen molar-refractivity contribution in [3.8, 4) is 0 Å². The Balaban J connectivity index is 2.03. The monoisotopic (exact) mass is 293 g/mol. The molecule has 0 unspecified atom stereocenters. The molecule has 2 rings (SSSR count). The lowest BCUT2D eigenvalue weighted by atomic mass is 10.2. The number of aliphatic carboxylic acids is 1. The van der Waals surface area contributed by atoms with E-state index in [1.165, 1.54) is 10.7 Å². The molecule has 2 N–H and O–H groups in total. The Bertz CT molecular complexity index is 658. The highest BCUT2D eigenvalue weighted by atomic mass is 19.1. The number of carboxylic acid groups (broad SMARTS) is 1. The smallest absolute Gasteiger partial charge is 0.322 e.